The number of amides is 1. The van der Waals surface area contributed by atoms with Crippen LogP contribution >= 0.6 is 11.6 Å². The molecule has 0 aliphatic heterocycles. The van der Waals surface area contributed by atoms with Crippen molar-refractivity contribution in [3.8, 4) is 0 Å². The summed E-state index contributed by atoms with van der Waals surface area (Å²) in [6.45, 7) is 1.33. The number of hydrogen-bond donors (Lipinski definition) is 1. The van der Waals surface area contributed by atoms with Crippen molar-refractivity contribution >= 4 is 29.2 Å². The summed E-state index contributed by atoms with van der Waals surface area (Å²) in [4.78, 5) is 33.7. The lowest BCUT2D eigenvalue weighted by Crippen LogP contribution is -2.35. The molecule has 0 bridgehead atoms. The van der Waals surface area contributed by atoms with Crippen molar-refractivity contribution in [2.24, 2.45) is 0 Å². The maximum atomic E-state index is 12.0. The van der Waals surface area contributed by atoms with Crippen molar-refractivity contribution in [1.29, 1.82) is 0 Å². The molecule has 0 aliphatic carbocycles. The molecule has 0 saturated carbocycles. The smallest absolute Gasteiger partial charge is 0.323 e. The molecule has 0 fully saturated rings. The number of hydrogen-bond acceptors (Lipinski definition) is 4. The van der Waals surface area contributed by atoms with Crippen LogP contribution in [0.3, 0.4) is 0 Å². The number of carboxylic acid groups (broad SMARTS) is 1. The molecule has 0 radical (unpaired) electrons. The lowest BCUT2D eigenvalue weighted by Gasteiger charge is -2.18. The predicted octanol–water partition coefficient (Wildman–Crippen LogP) is 1.79. The fourth-order valence-corrected chi connectivity index (χ4v) is 1.65. The molecule has 0 aromatic heterocycles. The number of aliphatic carboxylic acids is 1. The van der Waals surface area contributed by atoms with E-state index in [9.17, 15) is 19.7 Å². The van der Waals surface area contributed by atoms with Gasteiger partial charge in [-0.05, 0) is 19.1 Å². The highest BCUT2D eigenvalue weighted by Gasteiger charge is 2.21. The van der Waals surface area contributed by atoms with E-state index in [4.69, 9.17) is 16.7 Å². The molecule has 1 aromatic rings. The average molecular weight is 287 g/mol. The van der Waals surface area contributed by atoms with Crippen LogP contribution in [0.2, 0.25) is 5.02 Å². The van der Waals surface area contributed by atoms with Gasteiger partial charge in [0, 0.05) is 18.2 Å². The number of carbonyl (C=O) groups excluding carboxylic acids is 1. The molecular formula is C11H11ClN2O5. The lowest BCUT2D eigenvalue weighted by molar-refractivity contribution is -0.384. The van der Waals surface area contributed by atoms with Crippen LogP contribution in [0.4, 0.5) is 5.69 Å². The van der Waals surface area contributed by atoms with Crippen molar-refractivity contribution in [3.63, 3.8) is 0 Å². The van der Waals surface area contributed by atoms with Crippen LogP contribution in [0.25, 0.3) is 0 Å². The van der Waals surface area contributed by atoms with Crippen LogP contribution in [0, 0.1) is 10.1 Å². The van der Waals surface area contributed by atoms with Gasteiger partial charge in [-0.25, -0.2) is 0 Å². The Morgan fingerprint density at radius 3 is 2.58 bits per heavy atom. The molecule has 7 nitrogen and oxygen atoms in total. The Morgan fingerprint density at radius 2 is 2.11 bits per heavy atom. The Hall–Kier alpha value is -2.15. The van der Waals surface area contributed by atoms with Crippen molar-refractivity contribution in [2.75, 3.05) is 13.1 Å². The zero-order valence-corrected chi connectivity index (χ0v) is 10.8. The molecule has 0 spiro atoms. The number of carbonyl (C=O) groups is 2. The maximum Gasteiger partial charge on any atom is 0.323 e. The quantitative estimate of drug-likeness (QED) is 0.657. The molecule has 1 aromatic carbocycles. The molecule has 0 aliphatic rings. The van der Waals surface area contributed by atoms with E-state index in [1.165, 1.54) is 12.1 Å². The molecule has 1 N–H and O–H groups in total. The number of rotatable bonds is 5. The van der Waals surface area contributed by atoms with E-state index in [1.54, 1.807) is 6.92 Å². The van der Waals surface area contributed by atoms with Crippen LogP contribution in [0.1, 0.15) is 17.3 Å². The van der Waals surface area contributed by atoms with Gasteiger partial charge in [0.25, 0.3) is 11.6 Å². The van der Waals surface area contributed by atoms with Gasteiger partial charge in [0.2, 0.25) is 0 Å². The minimum Gasteiger partial charge on any atom is -0.480 e. The number of halogens is 1. The van der Waals surface area contributed by atoms with Crippen LogP contribution in [0.5, 0.6) is 0 Å². The first-order chi connectivity index (χ1) is 8.86. The Balaban J connectivity index is 3.08. The Morgan fingerprint density at radius 1 is 1.47 bits per heavy atom. The molecule has 0 saturated heterocycles. The third-order valence-electron chi connectivity index (χ3n) is 2.38. The summed E-state index contributed by atoms with van der Waals surface area (Å²) >= 11 is 5.63. The Kier molecular flexibility index (Phi) is 4.82. The summed E-state index contributed by atoms with van der Waals surface area (Å²) in [6.07, 6.45) is 0. The van der Waals surface area contributed by atoms with Gasteiger partial charge in [-0.15, -0.1) is 0 Å². The zero-order valence-electron chi connectivity index (χ0n) is 10.00. The third-order valence-corrected chi connectivity index (χ3v) is 2.70. The topological polar surface area (TPSA) is 101 Å². The van der Waals surface area contributed by atoms with Crippen molar-refractivity contribution < 1.29 is 19.6 Å². The molecule has 19 heavy (non-hydrogen) atoms. The number of benzene rings is 1. The molecular weight excluding hydrogens is 276 g/mol. The molecule has 1 rings (SSSR count). The second-order valence-corrected chi connectivity index (χ2v) is 4.04. The first kappa shape index (κ1) is 14.9. The summed E-state index contributed by atoms with van der Waals surface area (Å²) < 4.78 is 0. The van der Waals surface area contributed by atoms with Gasteiger partial charge in [-0.3, -0.25) is 19.7 Å². The van der Waals surface area contributed by atoms with E-state index in [0.717, 1.165) is 11.0 Å². The van der Waals surface area contributed by atoms with Crippen LogP contribution < -0.4 is 0 Å². The molecule has 0 atom stereocenters. The highest BCUT2D eigenvalue weighted by molar-refractivity contribution is 6.32. The minimum atomic E-state index is -1.15. The van der Waals surface area contributed by atoms with E-state index < -0.39 is 23.3 Å². The predicted molar refractivity (Wildman–Crippen MR) is 67.3 cm³/mol. The molecule has 0 heterocycles. The average Bonchev–Trinajstić information content (AvgIpc) is 2.35. The van der Waals surface area contributed by atoms with Crippen molar-refractivity contribution in [3.05, 3.63) is 38.9 Å². The number of nitro groups is 1. The summed E-state index contributed by atoms with van der Waals surface area (Å²) in [5, 5.41) is 19.3. The lowest BCUT2D eigenvalue weighted by atomic mass is 10.1. The second-order valence-electron chi connectivity index (χ2n) is 3.64. The largest absolute Gasteiger partial charge is 0.480 e. The number of carboxylic acids is 1. The summed E-state index contributed by atoms with van der Waals surface area (Å²) in [6, 6.07) is 3.60. The fourth-order valence-electron chi connectivity index (χ4n) is 1.46. The second kappa shape index (κ2) is 6.14. The summed E-state index contributed by atoms with van der Waals surface area (Å²) in [5.74, 6) is -1.75. The van der Waals surface area contributed by atoms with Crippen molar-refractivity contribution in [1.82, 2.24) is 4.90 Å². The molecule has 0 unspecified atom stereocenters. The Bertz CT molecular complexity index is 532. The van der Waals surface area contributed by atoms with Gasteiger partial charge in [0.1, 0.15) is 11.6 Å². The fraction of sp³-hybridized carbons (Fsp3) is 0.273. The standard InChI is InChI=1S/C11H11ClN2O5/c1-2-13(6-10(15)16)11(17)7-3-4-8(12)9(5-7)14(18)19/h3-5H,2,6H2,1H3,(H,15,16). The first-order valence-corrected chi connectivity index (χ1v) is 5.69. The van der Waals surface area contributed by atoms with Gasteiger partial charge < -0.3 is 10.0 Å². The normalized spacial score (nSPS) is 10.0. The van der Waals surface area contributed by atoms with Crippen LogP contribution in [-0.4, -0.2) is 39.9 Å². The van der Waals surface area contributed by atoms with Gasteiger partial charge >= 0.3 is 5.97 Å². The highest BCUT2D eigenvalue weighted by atomic mass is 35.5. The number of likely N-dealkylation sites (N-methyl/N-ethyl adjacent to an activating group) is 1. The molecule has 1 amide bonds. The highest BCUT2D eigenvalue weighted by Crippen LogP contribution is 2.25. The third kappa shape index (κ3) is 3.65. The van der Waals surface area contributed by atoms with Gasteiger partial charge in [-0.1, -0.05) is 11.6 Å². The SMILES string of the molecule is CCN(CC(=O)O)C(=O)c1ccc(Cl)c([N+](=O)[O-])c1. The van der Waals surface area contributed by atoms with Crippen LogP contribution in [0.15, 0.2) is 18.2 Å². The number of nitrogens with zero attached hydrogens (tertiary/aromatic N) is 2. The van der Waals surface area contributed by atoms with E-state index in [-0.39, 0.29) is 22.8 Å². The molecule has 8 heteroatoms. The monoisotopic (exact) mass is 286 g/mol. The van der Waals surface area contributed by atoms with E-state index in [0.29, 0.717) is 0 Å². The van der Waals surface area contributed by atoms with Crippen LogP contribution in [-0.2, 0) is 4.79 Å². The van der Waals surface area contributed by atoms with Gasteiger partial charge in [0.15, 0.2) is 0 Å². The van der Waals surface area contributed by atoms with Gasteiger partial charge in [-0.2, -0.15) is 0 Å². The summed E-state index contributed by atoms with van der Waals surface area (Å²) in [5.41, 5.74) is -0.363. The first-order valence-electron chi connectivity index (χ1n) is 5.31. The van der Waals surface area contributed by atoms with E-state index in [1.807, 2.05) is 0 Å². The summed E-state index contributed by atoms with van der Waals surface area (Å²) in [7, 11) is 0. The maximum absolute atomic E-state index is 12.0. The van der Waals surface area contributed by atoms with Crippen molar-refractivity contribution in [2.45, 2.75) is 6.92 Å². The van der Waals surface area contributed by atoms with E-state index in [2.05, 4.69) is 0 Å². The molecule has 102 valence electrons. The van der Waals surface area contributed by atoms with E-state index >= 15 is 0 Å². The van der Waals surface area contributed by atoms with Gasteiger partial charge in [0.05, 0.1) is 4.92 Å². The minimum absolute atomic E-state index is 0.0270. The Labute approximate surface area is 113 Å². The number of nitro benzene ring substituents is 1. The zero-order chi connectivity index (χ0) is 14.6.